The summed E-state index contributed by atoms with van der Waals surface area (Å²) < 4.78 is 5.43. The Bertz CT molecular complexity index is 205. The van der Waals surface area contributed by atoms with E-state index >= 15 is 0 Å². The third-order valence-electron chi connectivity index (χ3n) is 4.86. The van der Waals surface area contributed by atoms with Gasteiger partial charge in [0.05, 0.1) is 6.10 Å². The Morgan fingerprint density at radius 3 is 2.18 bits per heavy atom. The summed E-state index contributed by atoms with van der Waals surface area (Å²) in [5, 5.41) is 3.88. The fourth-order valence-electron chi connectivity index (χ4n) is 3.61. The number of hydrogen-bond donors (Lipinski definition) is 1. The number of nitrogens with one attached hydrogen (secondary N) is 1. The van der Waals surface area contributed by atoms with Crippen molar-refractivity contribution in [1.29, 1.82) is 0 Å². The van der Waals surface area contributed by atoms with Crippen LogP contribution in [0, 0.1) is 5.92 Å². The summed E-state index contributed by atoms with van der Waals surface area (Å²) in [6.45, 7) is 2.40. The zero-order valence-corrected chi connectivity index (χ0v) is 11.6. The molecule has 2 nitrogen and oxygen atoms in total. The Labute approximate surface area is 107 Å². The molecule has 0 aromatic rings. The fourth-order valence-corrected chi connectivity index (χ4v) is 3.61. The van der Waals surface area contributed by atoms with Crippen molar-refractivity contribution in [2.75, 3.05) is 7.11 Å². The van der Waals surface area contributed by atoms with Crippen molar-refractivity contribution in [2.45, 2.75) is 82.9 Å². The molecule has 0 aromatic carbocycles. The van der Waals surface area contributed by atoms with E-state index in [0.29, 0.717) is 6.10 Å². The molecule has 0 saturated heterocycles. The molecule has 0 bridgehead atoms. The van der Waals surface area contributed by atoms with Gasteiger partial charge in [-0.15, -0.1) is 0 Å². The van der Waals surface area contributed by atoms with Crippen LogP contribution in [0.1, 0.15) is 64.7 Å². The normalized spacial score (nSPS) is 33.5. The van der Waals surface area contributed by atoms with Crippen molar-refractivity contribution >= 4 is 0 Å². The van der Waals surface area contributed by atoms with Crippen molar-refractivity contribution < 1.29 is 4.74 Å². The van der Waals surface area contributed by atoms with Crippen LogP contribution in [0.15, 0.2) is 0 Å². The minimum Gasteiger partial charge on any atom is -0.381 e. The molecule has 0 radical (unpaired) electrons. The van der Waals surface area contributed by atoms with Crippen molar-refractivity contribution in [1.82, 2.24) is 5.32 Å². The Balaban J connectivity index is 1.69. The maximum Gasteiger partial charge on any atom is 0.0572 e. The Morgan fingerprint density at radius 1 is 0.941 bits per heavy atom. The van der Waals surface area contributed by atoms with Gasteiger partial charge in [-0.25, -0.2) is 0 Å². The maximum atomic E-state index is 5.43. The van der Waals surface area contributed by atoms with E-state index < -0.39 is 0 Å². The van der Waals surface area contributed by atoms with Gasteiger partial charge in [0.2, 0.25) is 0 Å². The molecule has 2 fully saturated rings. The molecule has 2 rings (SSSR count). The van der Waals surface area contributed by atoms with Gasteiger partial charge in [0, 0.05) is 19.2 Å². The molecule has 2 heteroatoms. The minimum atomic E-state index is 0.526. The summed E-state index contributed by atoms with van der Waals surface area (Å²) in [5.41, 5.74) is 0. The molecule has 2 aliphatic carbocycles. The van der Waals surface area contributed by atoms with Crippen LogP contribution in [-0.2, 0) is 4.74 Å². The first kappa shape index (κ1) is 13.4. The number of rotatable bonds is 4. The Hall–Kier alpha value is -0.0800. The van der Waals surface area contributed by atoms with Gasteiger partial charge >= 0.3 is 0 Å². The highest BCUT2D eigenvalue weighted by Crippen LogP contribution is 2.28. The second-order valence-corrected chi connectivity index (χ2v) is 6.06. The van der Waals surface area contributed by atoms with Crippen LogP contribution in [0.4, 0.5) is 0 Å². The van der Waals surface area contributed by atoms with Crippen LogP contribution in [-0.4, -0.2) is 25.3 Å². The first-order chi connectivity index (χ1) is 8.29. The minimum absolute atomic E-state index is 0.526. The number of ether oxygens (including phenoxy) is 1. The first-order valence-corrected chi connectivity index (χ1v) is 7.58. The second kappa shape index (κ2) is 6.75. The molecule has 0 unspecified atom stereocenters. The van der Waals surface area contributed by atoms with Gasteiger partial charge in [-0.2, -0.15) is 0 Å². The van der Waals surface area contributed by atoms with Crippen molar-refractivity contribution in [3.8, 4) is 0 Å². The average molecular weight is 239 g/mol. The predicted molar refractivity (Wildman–Crippen MR) is 72.2 cm³/mol. The third kappa shape index (κ3) is 3.96. The van der Waals surface area contributed by atoms with Gasteiger partial charge in [-0.05, 0) is 51.4 Å². The lowest BCUT2D eigenvalue weighted by atomic mass is 9.83. The highest BCUT2D eigenvalue weighted by atomic mass is 16.5. The molecule has 2 aliphatic rings. The van der Waals surface area contributed by atoms with Crippen LogP contribution < -0.4 is 5.32 Å². The van der Waals surface area contributed by atoms with Crippen LogP contribution in [0.25, 0.3) is 0 Å². The number of hydrogen-bond acceptors (Lipinski definition) is 2. The second-order valence-electron chi connectivity index (χ2n) is 6.06. The Kier molecular flexibility index (Phi) is 5.30. The van der Waals surface area contributed by atoms with Gasteiger partial charge in [0.25, 0.3) is 0 Å². The van der Waals surface area contributed by atoms with Gasteiger partial charge in [0.15, 0.2) is 0 Å². The lowest BCUT2D eigenvalue weighted by molar-refractivity contribution is 0.0597. The molecule has 1 N–H and O–H groups in total. The van der Waals surface area contributed by atoms with Crippen LogP contribution in [0.5, 0.6) is 0 Å². The molecule has 2 saturated carbocycles. The van der Waals surface area contributed by atoms with Crippen LogP contribution in [0.2, 0.25) is 0 Å². The standard InChI is InChI=1S/C15H29NO/c1-12(13-6-4-3-5-7-13)16-14-8-10-15(17-2)11-9-14/h12-16H,3-11H2,1-2H3/t12-,14?,15?/m0/s1. The molecule has 1 atom stereocenters. The van der Waals surface area contributed by atoms with Gasteiger partial charge < -0.3 is 10.1 Å². The monoisotopic (exact) mass is 239 g/mol. The summed E-state index contributed by atoms with van der Waals surface area (Å²) in [6.07, 6.45) is 12.9. The summed E-state index contributed by atoms with van der Waals surface area (Å²) >= 11 is 0. The quantitative estimate of drug-likeness (QED) is 0.810. The maximum absolute atomic E-state index is 5.43. The third-order valence-corrected chi connectivity index (χ3v) is 4.86. The largest absolute Gasteiger partial charge is 0.381 e. The molecule has 0 amide bonds. The van der Waals surface area contributed by atoms with Crippen LogP contribution in [0.3, 0.4) is 0 Å². The average Bonchev–Trinajstić information content (AvgIpc) is 2.40. The molecular weight excluding hydrogens is 210 g/mol. The summed E-state index contributed by atoms with van der Waals surface area (Å²) in [5.74, 6) is 0.934. The molecule has 0 aliphatic heterocycles. The smallest absolute Gasteiger partial charge is 0.0572 e. The topological polar surface area (TPSA) is 21.3 Å². The summed E-state index contributed by atoms with van der Waals surface area (Å²) in [6, 6.07) is 1.47. The van der Waals surface area contributed by atoms with E-state index in [4.69, 9.17) is 4.74 Å². The molecular formula is C15H29NO. The van der Waals surface area contributed by atoms with E-state index in [1.54, 1.807) is 0 Å². The zero-order chi connectivity index (χ0) is 12.1. The van der Waals surface area contributed by atoms with Crippen molar-refractivity contribution in [2.24, 2.45) is 5.92 Å². The van der Waals surface area contributed by atoms with Crippen molar-refractivity contribution in [3.63, 3.8) is 0 Å². The lowest BCUT2D eigenvalue weighted by Crippen LogP contribution is -2.44. The highest BCUT2D eigenvalue weighted by Gasteiger charge is 2.25. The summed E-state index contributed by atoms with van der Waals surface area (Å²) in [4.78, 5) is 0. The fraction of sp³-hybridized carbons (Fsp3) is 1.00. The van der Waals surface area contributed by atoms with Crippen molar-refractivity contribution in [3.05, 3.63) is 0 Å². The van der Waals surface area contributed by atoms with Gasteiger partial charge in [-0.1, -0.05) is 19.3 Å². The predicted octanol–water partition coefficient (Wildman–Crippen LogP) is 3.50. The Morgan fingerprint density at radius 2 is 1.59 bits per heavy atom. The van der Waals surface area contributed by atoms with E-state index in [2.05, 4.69) is 12.2 Å². The van der Waals surface area contributed by atoms with E-state index in [-0.39, 0.29) is 0 Å². The van der Waals surface area contributed by atoms with E-state index in [0.717, 1.165) is 18.0 Å². The highest BCUT2D eigenvalue weighted by molar-refractivity contribution is 4.83. The number of methoxy groups -OCH3 is 1. The van der Waals surface area contributed by atoms with E-state index in [9.17, 15) is 0 Å². The molecule has 100 valence electrons. The molecule has 17 heavy (non-hydrogen) atoms. The first-order valence-electron chi connectivity index (χ1n) is 7.58. The lowest BCUT2D eigenvalue weighted by Gasteiger charge is -2.34. The SMILES string of the molecule is COC1CCC(N[C@@H](C)C2CCCCC2)CC1. The molecule has 0 heterocycles. The summed E-state index contributed by atoms with van der Waals surface area (Å²) in [7, 11) is 1.85. The van der Waals surface area contributed by atoms with Gasteiger partial charge in [0.1, 0.15) is 0 Å². The van der Waals surface area contributed by atoms with Crippen LogP contribution >= 0.6 is 0 Å². The van der Waals surface area contributed by atoms with E-state index in [1.165, 1.54) is 57.8 Å². The van der Waals surface area contributed by atoms with E-state index in [1.807, 2.05) is 7.11 Å². The zero-order valence-electron chi connectivity index (χ0n) is 11.6. The molecule has 0 aromatic heterocycles. The molecule has 0 spiro atoms. The van der Waals surface area contributed by atoms with Gasteiger partial charge in [-0.3, -0.25) is 0 Å².